The van der Waals surface area contributed by atoms with E-state index in [-0.39, 0.29) is 5.91 Å². The van der Waals surface area contributed by atoms with Gasteiger partial charge >= 0.3 is 0 Å². The summed E-state index contributed by atoms with van der Waals surface area (Å²) in [6, 6.07) is 15.0. The summed E-state index contributed by atoms with van der Waals surface area (Å²) in [7, 11) is 0. The van der Waals surface area contributed by atoms with Crippen LogP contribution in [0.4, 0.5) is 0 Å². The van der Waals surface area contributed by atoms with Crippen LogP contribution in [0.25, 0.3) is 0 Å². The van der Waals surface area contributed by atoms with Gasteiger partial charge in [-0.2, -0.15) is 0 Å². The summed E-state index contributed by atoms with van der Waals surface area (Å²) in [4.78, 5) is 12.0. The summed E-state index contributed by atoms with van der Waals surface area (Å²) in [6.45, 7) is 3.76. The first kappa shape index (κ1) is 15.5. The fourth-order valence-electron chi connectivity index (χ4n) is 1.90. The minimum Gasteiger partial charge on any atom is -0.377 e. The van der Waals surface area contributed by atoms with Crippen molar-refractivity contribution in [2.24, 2.45) is 0 Å². The summed E-state index contributed by atoms with van der Waals surface area (Å²) in [5.74, 6) is -0.168. The Morgan fingerprint density at radius 3 is 2.43 bits per heavy atom. The molecule has 0 aliphatic heterocycles. The van der Waals surface area contributed by atoms with E-state index in [0.717, 1.165) is 11.1 Å². The van der Waals surface area contributed by atoms with Gasteiger partial charge in [-0.3, -0.25) is 4.79 Å². The Hall–Kier alpha value is -1.84. The fraction of sp³-hybridized carbons (Fsp3) is 0.235. The predicted molar refractivity (Wildman–Crippen MR) is 84.4 cm³/mol. The number of amides is 1. The Bertz CT molecular complexity index is 596. The lowest BCUT2D eigenvalue weighted by atomic mass is 10.1. The highest BCUT2D eigenvalue weighted by Gasteiger charge is 2.08. The molecule has 0 unspecified atom stereocenters. The number of benzene rings is 2. The first-order valence-electron chi connectivity index (χ1n) is 6.89. The van der Waals surface area contributed by atoms with Gasteiger partial charge in [0.25, 0.3) is 5.91 Å². The molecule has 110 valence electrons. The van der Waals surface area contributed by atoms with Gasteiger partial charge in [0.2, 0.25) is 0 Å². The number of nitrogens with one attached hydrogen (secondary N) is 1. The number of carbonyl (C=O) groups is 1. The van der Waals surface area contributed by atoms with Gasteiger partial charge in [0, 0.05) is 13.2 Å². The van der Waals surface area contributed by atoms with Gasteiger partial charge in [0.15, 0.2) is 0 Å². The van der Waals surface area contributed by atoms with E-state index in [2.05, 4.69) is 5.32 Å². The van der Waals surface area contributed by atoms with E-state index >= 15 is 0 Å². The van der Waals surface area contributed by atoms with Gasteiger partial charge in [-0.25, -0.2) is 0 Å². The van der Waals surface area contributed by atoms with Gasteiger partial charge in [0.05, 0.1) is 17.2 Å². The summed E-state index contributed by atoms with van der Waals surface area (Å²) in [5.41, 5.74) is 2.65. The second-order valence-corrected chi connectivity index (χ2v) is 5.02. The summed E-state index contributed by atoms with van der Waals surface area (Å²) in [6.07, 6.45) is 0. The fourth-order valence-corrected chi connectivity index (χ4v) is 2.12. The Labute approximate surface area is 129 Å². The summed E-state index contributed by atoms with van der Waals surface area (Å²) in [5, 5.41) is 3.32. The second-order valence-electron chi connectivity index (χ2n) is 4.62. The van der Waals surface area contributed by atoms with E-state index in [1.54, 1.807) is 24.3 Å². The Morgan fingerprint density at radius 1 is 1.10 bits per heavy atom. The smallest absolute Gasteiger partial charge is 0.253 e. The molecule has 0 saturated carbocycles. The molecule has 0 fully saturated rings. The van der Waals surface area contributed by atoms with Crippen LogP contribution in [0, 0.1) is 0 Å². The molecule has 1 N–H and O–H groups in total. The zero-order chi connectivity index (χ0) is 15.1. The van der Waals surface area contributed by atoms with Crippen molar-refractivity contribution in [2.75, 3.05) is 6.61 Å². The van der Waals surface area contributed by atoms with Crippen molar-refractivity contribution in [1.29, 1.82) is 0 Å². The molecule has 0 saturated heterocycles. The average Bonchev–Trinajstić information content (AvgIpc) is 2.52. The number of ether oxygens (including phenoxy) is 1. The van der Waals surface area contributed by atoms with Gasteiger partial charge in [-0.1, -0.05) is 48.0 Å². The van der Waals surface area contributed by atoms with Crippen LogP contribution in [0.1, 0.15) is 28.4 Å². The van der Waals surface area contributed by atoms with Crippen LogP contribution < -0.4 is 5.32 Å². The normalized spacial score (nSPS) is 10.4. The molecule has 21 heavy (non-hydrogen) atoms. The number of carbonyl (C=O) groups excluding carboxylic acids is 1. The highest BCUT2D eigenvalue weighted by Crippen LogP contribution is 2.14. The van der Waals surface area contributed by atoms with E-state index in [9.17, 15) is 4.79 Å². The SMILES string of the molecule is CCOCc1ccc(CNC(=O)c2ccccc2Cl)cc1. The highest BCUT2D eigenvalue weighted by molar-refractivity contribution is 6.33. The van der Waals surface area contributed by atoms with Gasteiger partial charge in [-0.15, -0.1) is 0 Å². The van der Waals surface area contributed by atoms with Gasteiger partial charge < -0.3 is 10.1 Å². The van der Waals surface area contributed by atoms with Crippen molar-refractivity contribution in [1.82, 2.24) is 5.32 Å². The van der Waals surface area contributed by atoms with E-state index in [1.807, 2.05) is 31.2 Å². The molecule has 0 aliphatic rings. The number of halogens is 1. The molecule has 2 aromatic carbocycles. The maximum absolute atomic E-state index is 12.0. The highest BCUT2D eigenvalue weighted by atomic mass is 35.5. The standard InChI is InChI=1S/C17H18ClNO2/c1-2-21-12-14-9-7-13(8-10-14)11-19-17(20)15-5-3-4-6-16(15)18/h3-10H,2,11-12H2,1H3,(H,19,20). The third-order valence-corrected chi connectivity index (χ3v) is 3.40. The van der Waals surface area contributed by atoms with Crippen LogP contribution in [0.3, 0.4) is 0 Å². The maximum atomic E-state index is 12.0. The largest absolute Gasteiger partial charge is 0.377 e. The van der Waals surface area contributed by atoms with Crippen molar-refractivity contribution in [2.45, 2.75) is 20.1 Å². The Balaban J connectivity index is 1.91. The average molecular weight is 304 g/mol. The molecule has 0 radical (unpaired) electrons. The minimum atomic E-state index is -0.168. The Morgan fingerprint density at radius 2 is 1.76 bits per heavy atom. The molecule has 0 aliphatic carbocycles. The van der Waals surface area contributed by atoms with Crippen molar-refractivity contribution < 1.29 is 9.53 Å². The van der Waals surface area contributed by atoms with Gasteiger partial charge in [-0.05, 0) is 30.2 Å². The topological polar surface area (TPSA) is 38.3 Å². The molecule has 0 bridgehead atoms. The lowest BCUT2D eigenvalue weighted by molar-refractivity contribution is 0.0951. The third-order valence-electron chi connectivity index (χ3n) is 3.07. The first-order chi connectivity index (χ1) is 10.2. The van der Waals surface area contributed by atoms with E-state index in [0.29, 0.717) is 30.3 Å². The minimum absolute atomic E-state index is 0.168. The zero-order valence-electron chi connectivity index (χ0n) is 11.9. The van der Waals surface area contributed by atoms with Crippen LogP contribution in [-0.4, -0.2) is 12.5 Å². The number of rotatable bonds is 6. The van der Waals surface area contributed by atoms with E-state index < -0.39 is 0 Å². The molecule has 2 aromatic rings. The van der Waals surface area contributed by atoms with Crippen LogP contribution in [-0.2, 0) is 17.9 Å². The molecule has 0 heterocycles. The van der Waals surface area contributed by atoms with Crippen LogP contribution in [0.2, 0.25) is 5.02 Å². The molecule has 1 amide bonds. The van der Waals surface area contributed by atoms with Crippen molar-refractivity contribution in [3.8, 4) is 0 Å². The summed E-state index contributed by atoms with van der Waals surface area (Å²) >= 11 is 6.00. The van der Waals surface area contributed by atoms with Crippen molar-refractivity contribution >= 4 is 17.5 Å². The molecular formula is C17H18ClNO2. The second kappa shape index (κ2) is 7.81. The van der Waals surface area contributed by atoms with Crippen molar-refractivity contribution in [3.63, 3.8) is 0 Å². The van der Waals surface area contributed by atoms with Gasteiger partial charge in [0.1, 0.15) is 0 Å². The molecular weight excluding hydrogens is 286 g/mol. The molecule has 0 aromatic heterocycles. The Kier molecular flexibility index (Phi) is 5.78. The predicted octanol–water partition coefficient (Wildman–Crippen LogP) is 3.81. The molecule has 3 nitrogen and oxygen atoms in total. The monoisotopic (exact) mass is 303 g/mol. The third kappa shape index (κ3) is 4.59. The van der Waals surface area contributed by atoms with E-state index in [1.165, 1.54) is 0 Å². The van der Waals surface area contributed by atoms with Crippen LogP contribution in [0.15, 0.2) is 48.5 Å². The lowest BCUT2D eigenvalue weighted by Gasteiger charge is -2.08. The number of hydrogen-bond acceptors (Lipinski definition) is 2. The molecule has 4 heteroatoms. The molecule has 0 atom stereocenters. The van der Waals surface area contributed by atoms with Crippen molar-refractivity contribution in [3.05, 3.63) is 70.2 Å². The number of hydrogen-bond donors (Lipinski definition) is 1. The van der Waals surface area contributed by atoms with E-state index in [4.69, 9.17) is 16.3 Å². The molecule has 0 spiro atoms. The lowest BCUT2D eigenvalue weighted by Crippen LogP contribution is -2.23. The maximum Gasteiger partial charge on any atom is 0.253 e. The van der Waals surface area contributed by atoms with Crippen LogP contribution >= 0.6 is 11.6 Å². The quantitative estimate of drug-likeness (QED) is 0.881. The molecule has 2 rings (SSSR count). The summed E-state index contributed by atoms with van der Waals surface area (Å²) < 4.78 is 5.34. The first-order valence-corrected chi connectivity index (χ1v) is 7.26. The van der Waals surface area contributed by atoms with Crippen LogP contribution in [0.5, 0.6) is 0 Å². The zero-order valence-corrected chi connectivity index (χ0v) is 12.7.